The largest absolute Gasteiger partial charge is 0.454 e. The van der Waals surface area contributed by atoms with Crippen LogP contribution >= 0.6 is 23.2 Å². The van der Waals surface area contributed by atoms with Crippen molar-refractivity contribution in [2.75, 3.05) is 6.79 Å². The molecule has 0 aliphatic carbocycles. The number of nitrogens with zero attached hydrogens (tertiary/aromatic N) is 1. The monoisotopic (exact) mass is 452 g/mol. The van der Waals surface area contributed by atoms with Crippen molar-refractivity contribution in [2.24, 2.45) is 0 Å². The normalized spacial score (nSPS) is 12.6. The van der Waals surface area contributed by atoms with E-state index in [4.69, 9.17) is 32.7 Å². The minimum absolute atomic E-state index is 0.294. The number of ether oxygens (including phenoxy) is 2. The predicted molar refractivity (Wildman–Crippen MR) is 125 cm³/mol. The van der Waals surface area contributed by atoms with Crippen LogP contribution in [0.3, 0.4) is 0 Å². The first-order valence-electron chi connectivity index (χ1n) is 10.2. The Balaban J connectivity index is 1.39. The third kappa shape index (κ3) is 3.99. The van der Waals surface area contributed by atoms with Crippen molar-refractivity contribution in [1.82, 2.24) is 9.88 Å². The summed E-state index contributed by atoms with van der Waals surface area (Å²) < 4.78 is 13.2. The van der Waals surface area contributed by atoms with E-state index in [9.17, 15) is 0 Å². The molecule has 1 aliphatic rings. The predicted octanol–water partition coefficient (Wildman–Crippen LogP) is 6.32. The molecule has 0 fully saturated rings. The molecule has 1 N–H and O–H groups in total. The summed E-state index contributed by atoms with van der Waals surface area (Å²) in [5.41, 5.74) is 5.94. The number of benzene rings is 3. The van der Waals surface area contributed by atoms with Gasteiger partial charge in [0.1, 0.15) is 0 Å². The number of fused-ring (bicyclic) bond motifs is 2. The number of halogens is 2. The molecule has 4 aromatic rings. The molecule has 5 rings (SSSR count). The molecule has 1 aromatic heterocycles. The number of para-hydroxylation sites is 1. The van der Waals surface area contributed by atoms with Gasteiger partial charge in [0.2, 0.25) is 6.79 Å². The molecule has 31 heavy (non-hydrogen) atoms. The van der Waals surface area contributed by atoms with Crippen LogP contribution in [-0.4, -0.2) is 11.4 Å². The van der Waals surface area contributed by atoms with Crippen LogP contribution in [0, 0.1) is 6.92 Å². The highest BCUT2D eigenvalue weighted by atomic mass is 35.5. The summed E-state index contributed by atoms with van der Waals surface area (Å²) in [7, 11) is 0. The quantitative estimate of drug-likeness (QED) is 0.371. The van der Waals surface area contributed by atoms with E-state index in [-0.39, 0.29) is 0 Å². The Morgan fingerprint density at radius 1 is 0.935 bits per heavy atom. The molecule has 158 valence electrons. The summed E-state index contributed by atoms with van der Waals surface area (Å²) in [5.74, 6) is 1.62. The number of hydrogen-bond acceptors (Lipinski definition) is 3. The molecule has 0 amide bonds. The lowest BCUT2D eigenvalue weighted by Crippen LogP contribution is -2.13. The van der Waals surface area contributed by atoms with Gasteiger partial charge in [-0.25, -0.2) is 0 Å². The molecule has 3 aromatic carbocycles. The molecule has 0 saturated carbocycles. The highest BCUT2D eigenvalue weighted by Gasteiger charge is 2.16. The van der Waals surface area contributed by atoms with Crippen LogP contribution in [0.1, 0.15) is 22.4 Å². The van der Waals surface area contributed by atoms with Crippen molar-refractivity contribution in [3.05, 3.63) is 93.1 Å². The van der Waals surface area contributed by atoms with E-state index < -0.39 is 0 Å². The molecule has 6 heteroatoms. The highest BCUT2D eigenvalue weighted by Crippen LogP contribution is 2.33. The summed E-state index contributed by atoms with van der Waals surface area (Å²) in [6.45, 7) is 4.68. The molecular formula is C25H22Cl2N2O2. The number of rotatable bonds is 6. The zero-order valence-corrected chi connectivity index (χ0v) is 18.6. The van der Waals surface area contributed by atoms with Crippen molar-refractivity contribution in [3.63, 3.8) is 0 Å². The lowest BCUT2D eigenvalue weighted by molar-refractivity contribution is 0.174. The van der Waals surface area contributed by atoms with Gasteiger partial charge in [-0.2, -0.15) is 0 Å². The van der Waals surface area contributed by atoms with E-state index in [1.54, 1.807) is 6.07 Å². The van der Waals surface area contributed by atoms with Gasteiger partial charge in [0.25, 0.3) is 0 Å². The van der Waals surface area contributed by atoms with Gasteiger partial charge in [0.05, 0.1) is 0 Å². The summed E-state index contributed by atoms with van der Waals surface area (Å²) in [6, 6.07) is 20.3. The second-order valence-electron chi connectivity index (χ2n) is 7.69. The topological polar surface area (TPSA) is 35.4 Å². The third-order valence-electron chi connectivity index (χ3n) is 5.77. The SMILES string of the molecule is Cc1c(CNCc2ccc3c(c2)OCO3)c2ccccc2n1Cc1ccc(Cl)cc1Cl. The van der Waals surface area contributed by atoms with Gasteiger partial charge in [0, 0.05) is 46.3 Å². The fraction of sp³-hybridized carbons (Fsp3) is 0.200. The second-order valence-corrected chi connectivity index (χ2v) is 8.54. The minimum Gasteiger partial charge on any atom is -0.454 e. The zero-order chi connectivity index (χ0) is 21.4. The first kappa shape index (κ1) is 20.3. The van der Waals surface area contributed by atoms with E-state index in [0.29, 0.717) is 23.4 Å². The maximum atomic E-state index is 6.45. The summed E-state index contributed by atoms with van der Waals surface area (Å²) in [6.07, 6.45) is 0. The summed E-state index contributed by atoms with van der Waals surface area (Å²) in [5, 5.41) is 6.17. The molecular weight excluding hydrogens is 431 g/mol. The van der Waals surface area contributed by atoms with Crippen LogP contribution in [-0.2, 0) is 19.6 Å². The number of aromatic nitrogens is 1. The van der Waals surface area contributed by atoms with Crippen molar-refractivity contribution < 1.29 is 9.47 Å². The standard InChI is InChI=1S/C25H22Cl2N2O2/c1-16-21(13-28-12-17-6-9-24-25(10-17)31-15-30-24)20-4-2-3-5-23(20)29(16)14-18-7-8-19(26)11-22(18)27/h2-11,28H,12-15H2,1H3. The van der Waals surface area contributed by atoms with E-state index in [1.165, 1.54) is 27.7 Å². The minimum atomic E-state index is 0.294. The van der Waals surface area contributed by atoms with E-state index >= 15 is 0 Å². The maximum absolute atomic E-state index is 6.45. The van der Waals surface area contributed by atoms with Gasteiger partial charge < -0.3 is 19.4 Å². The second kappa shape index (κ2) is 8.46. The van der Waals surface area contributed by atoms with E-state index in [0.717, 1.165) is 30.2 Å². The van der Waals surface area contributed by atoms with E-state index in [1.807, 2.05) is 24.3 Å². The Bertz CT molecular complexity index is 1270. The fourth-order valence-corrected chi connectivity index (χ4v) is 4.60. The average Bonchev–Trinajstić information content (AvgIpc) is 3.33. The van der Waals surface area contributed by atoms with E-state index in [2.05, 4.69) is 47.1 Å². The Morgan fingerprint density at radius 3 is 2.65 bits per heavy atom. The van der Waals surface area contributed by atoms with Gasteiger partial charge in [-0.15, -0.1) is 0 Å². The molecule has 1 aliphatic heterocycles. The van der Waals surface area contributed by atoms with Gasteiger partial charge in [0.15, 0.2) is 11.5 Å². The number of nitrogens with one attached hydrogen (secondary N) is 1. The number of hydrogen-bond donors (Lipinski definition) is 1. The van der Waals surface area contributed by atoms with Crippen LogP contribution in [0.15, 0.2) is 60.7 Å². The Hall–Kier alpha value is -2.66. The van der Waals surface area contributed by atoms with Crippen LogP contribution in [0.4, 0.5) is 0 Å². The zero-order valence-electron chi connectivity index (χ0n) is 17.1. The Labute approximate surface area is 191 Å². The molecule has 0 radical (unpaired) electrons. The van der Waals surface area contributed by atoms with Crippen LogP contribution in [0.5, 0.6) is 11.5 Å². The lowest BCUT2D eigenvalue weighted by Gasteiger charge is -2.11. The van der Waals surface area contributed by atoms with Gasteiger partial charge >= 0.3 is 0 Å². The lowest BCUT2D eigenvalue weighted by atomic mass is 10.1. The molecule has 2 heterocycles. The molecule has 0 bridgehead atoms. The van der Waals surface area contributed by atoms with Gasteiger partial charge in [-0.3, -0.25) is 0 Å². The maximum Gasteiger partial charge on any atom is 0.231 e. The first-order chi connectivity index (χ1) is 15.1. The van der Waals surface area contributed by atoms with Crippen molar-refractivity contribution >= 4 is 34.1 Å². The molecule has 0 atom stereocenters. The summed E-state index contributed by atoms with van der Waals surface area (Å²) >= 11 is 12.5. The Morgan fingerprint density at radius 2 is 1.77 bits per heavy atom. The van der Waals surface area contributed by atoms with Crippen LogP contribution in [0.2, 0.25) is 10.0 Å². The molecule has 0 unspecified atom stereocenters. The molecule has 0 saturated heterocycles. The van der Waals surface area contributed by atoms with Crippen molar-refractivity contribution in [1.29, 1.82) is 0 Å². The third-order valence-corrected chi connectivity index (χ3v) is 6.36. The Kier molecular flexibility index (Phi) is 5.53. The van der Waals surface area contributed by atoms with Gasteiger partial charge in [-0.05, 0) is 53.9 Å². The van der Waals surface area contributed by atoms with Crippen LogP contribution < -0.4 is 14.8 Å². The fourth-order valence-electron chi connectivity index (χ4n) is 4.13. The highest BCUT2D eigenvalue weighted by molar-refractivity contribution is 6.35. The van der Waals surface area contributed by atoms with Crippen molar-refractivity contribution in [2.45, 2.75) is 26.6 Å². The smallest absolute Gasteiger partial charge is 0.231 e. The van der Waals surface area contributed by atoms with Crippen molar-refractivity contribution in [3.8, 4) is 11.5 Å². The molecule has 4 nitrogen and oxygen atoms in total. The first-order valence-corrected chi connectivity index (χ1v) is 11.0. The van der Waals surface area contributed by atoms with Gasteiger partial charge in [-0.1, -0.05) is 53.5 Å². The van der Waals surface area contributed by atoms with Crippen LogP contribution in [0.25, 0.3) is 10.9 Å². The summed E-state index contributed by atoms with van der Waals surface area (Å²) in [4.78, 5) is 0. The average molecular weight is 453 g/mol. The molecule has 0 spiro atoms.